The fourth-order valence-corrected chi connectivity index (χ4v) is 4.62. The Labute approximate surface area is 133 Å². The Bertz CT molecular complexity index is 384. The van der Waals surface area contributed by atoms with Crippen molar-refractivity contribution in [2.24, 2.45) is 17.8 Å². The average molecular weight is 310 g/mol. The summed E-state index contributed by atoms with van der Waals surface area (Å²) in [4.78, 5) is 14.4. The number of amides is 1. The highest BCUT2D eigenvalue weighted by Gasteiger charge is 2.50. The van der Waals surface area contributed by atoms with Crippen LogP contribution >= 0.6 is 0 Å². The molecule has 22 heavy (non-hydrogen) atoms. The van der Waals surface area contributed by atoms with E-state index in [1.54, 1.807) is 7.11 Å². The number of rotatable bonds is 6. The predicted molar refractivity (Wildman–Crippen MR) is 84.6 cm³/mol. The SMILES string of the molecule is COCCN1C(=O)C[C@H]2[C@H](CNC3CCOCC3)[C@@H](C)C[C@H]21. The minimum atomic E-state index is 0.329. The van der Waals surface area contributed by atoms with Gasteiger partial charge in [-0.25, -0.2) is 0 Å². The fourth-order valence-electron chi connectivity index (χ4n) is 4.62. The highest BCUT2D eigenvalue weighted by atomic mass is 16.5. The van der Waals surface area contributed by atoms with Crippen molar-refractivity contribution >= 4 is 5.91 Å². The summed E-state index contributed by atoms with van der Waals surface area (Å²) in [6.07, 6.45) is 4.13. The van der Waals surface area contributed by atoms with Crippen LogP contribution in [0.4, 0.5) is 0 Å². The molecule has 0 radical (unpaired) electrons. The molecule has 4 atom stereocenters. The molecular formula is C17H30N2O3. The number of fused-ring (bicyclic) bond motifs is 1. The molecule has 0 aromatic rings. The number of likely N-dealkylation sites (tertiary alicyclic amines) is 1. The molecule has 0 unspecified atom stereocenters. The van der Waals surface area contributed by atoms with Crippen LogP contribution in [-0.2, 0) is 14.3 Å². The Morgan fingerprint density at radius 1 is 1.36 bits per heavy atom. The smallest absolute Gasteiger partial charge is 0.223 e. The van der Waals surface area contributed by atoms with Gasteiger partial charge in [0.2, 0.25) is 5.91 Å². The second kappa shape index (κ2) is 7.28. The van der Waals surface area contributed by atoms with Gasteiger partial charge in [-0.1, -0.05) is 6.92 Å². The van der Waals surface area contributed by atoms with Crippen LogP contribution in [-0.4, -0.2) is 62.9 Å². The zero-order valence-corrected chi connectivity index (χ0v) is 13.9. The van der Waals surface area contributed by atoms with Crippen LogP contribution in [0.2, 0.25) is 0 Å². The van der Waals surface area contributed by atoms with Crippen LogP contribution in [0.5, 0.6) is 0 Å². The number of nitrogens with one attached hydrogen (secondary N) is 1. The molecule has 2 aliphatic heterocycles. The maximum atomic E-state index is 12.3. The lowest BCUT2D eigenvalue weighted by Gasteiger charge is -2.28. The number of nitrogens with zero attached hydrogens (tertiary/aromatic N) is 1. The monoisotopic (exact) mass is 310 g/mol. The Balaban J connectivity index is 1.55. The van der Waals surface area contributed by atoms with Gasteiger partial charge in [0.05, 0.1) is 6.61 Å². The second-order valence-corrected chi connectivity index (χ2v) is 7.19. The third-order valence-corrected chi connectivity index (χ3v) is 5.92. The van der Waals surface area contributed by atoms with Gasteiger partial charge in [0.15, 0.2) is 0 Å². The van der Waals surface area contributed by atoms with E-state index in [0.717, 1.165) is 52.0 Å². The van der Waals surface area contributed by atoms with Gasteiger partial charge in [-0.15, -0.1) is 0 Å². The maximum absolute atomic E-state index is 12.3. The number of ether oxygens (including phenoxy) is 2. The van der Waals surface area contributed by atoms with Crippen molar-refractivity contribution in [3.8, 4) is 0 Å². The Kier molecular flexibility index (Phi) is 5.37. The highest BCUT2D eigenvalue weighted by molar-refractivity contribution is 5.79. The minimum Gasteiger partial charge on any atom is -0.383 e. The molecule has 126 valence electrons. The standard InChI is InChI=1S/C17H30N2O3/c1-12-9-16-14(10-17(20)19(16)5-8-21-2)15(12)11-18-13-3-6-22-7-4-13/h12-16,18H,3-11H2,1-2H3/t12-,14-,15+,16+/m0/s1. The molecule has 1 N–H and O–H groups in total. The van der Waals surface area contributed by atoms with E-state index in [-0.39, 0.29) is 0 Å². The van der Waals surface area contributed by atoms with E-state index in [0.29, 0.717) is 42.4 Å². The van der Waals surface area contributed by atoms with E-state index in [1.807, 2.05) is 0 Å². The first-order valence-corrected chi connectivity index (χ1v) is 8.80. The van der Waals surface area contributed by atoms with Gasteiger partial charge < -0.3 is 19.7 Å². The van der Waals surface area contributed by atoms with Gasteiger partial charge in [-0.05, 0) is 43.6 Å². The van der Waals surface area contributed by atoms with Crippen molar-refractivity contribution in [3.63, 3.8) is 0 Å². The number of hydrogen-bond acceptors (Lipinski definition) is 4. The van der Waals surface area contributed by atoms with Crippen LogP contribution in [0.15, 0.2) is 0 Å². The zero-order chi connectivity index (χ0) is 15.5. The molecule has 5 nitrogen and oxygen atoms in total. The first kappa shape index (κ1) is 16.2. The Morgan fingerprint density at radius 3 is 2.86 bits per heavy atom. The third kappa shape index (κ3) is 3.31. The Morgan fingerprint density at radius 2 is 2.14 bits per heavy atom. The van der Waals surface area contributed by atoms with Crippen LogP contribution in [0.3, 0.4) is 0 Å². The number of methoxy groups -OCH3 is 1. The van der Waals surface area contributed by atoms with Crippen LogP contribution in [0, 0.1) is 17.8 Å². The molecule has 1 amide bonds. The molecule has 0 aromatic heterocycles. The molecule has 5 heteroatoms. The molecule has 0 aromatic carbocycles. The topological polar surface area (TPSA) is 50.8 Å². The van der Waals surface area contributed by atoms with Crippen molar-refractivity contribution in [1.29, 1.82) is 0 Å². The van der Waals surface area contributed by atoms with Crippen molar-refractivity contribution in [1.82, 2.24) is 10.2 Å². The summed E-state index contributed by atoms with van der Waals surface area (Å²) in [6, 6.07) is 1.04. The molecule has 2 saturated heterocycles. The molecule has 1 aliphatic carbocycles. The molecule has 3 rings (SSSR count). The largest absolute Gasteiger partial charge is 0.383 e. The fraction of sp³-hybridized carbons (Fsp3) is 0.941. The predicted octanol–water partition coefficient (Wildman–Crippen LogP) is 1.27. The summed E-state index contributed by atoms with van der Waals surface area (Å²) >= 11 is 0. The van der Waals surface area contributed by atoms with E-state index in [4.69, 9.17) is 9.47 Å². The van der Waals surface area contributed by atoms with Gasteiger partial charge >= 0.3 is 0 Å². The van der Waals surface area contributed by atoms with E-state index >= 15 is 0 Å². The summed E-state index contributed by atoms with van der Waals surface area (Å²) < 4.78 is 10.6. The van der Waals surface area contributed by atoms with Gasteiger partial charge in [-0.3, -0.25) is 4.79 Å². The normalized spacial score (nSPS) is 36.1. The van der Waals surface area contributed by atoms with E-state index in [2.05, 4.69) is 17.1 Å². The first-order valence-electron chi connectivity index (χ1n) is 8.80. The average Bonchev–Trinajstić information content (AvgIpc) is 2.98. The first-order chi connectivity index (χ1) is 10.7. The summed E-state index contributed by atoms with van der Waals surface area (Å²) in [5, 5.41) is 3.74. The second-order valence-electron chi connectivity index (χ2n) is 7.19. The van der Waals surface area contributed by atoms with Crippen molar-refractivity contribution in [2.45, 2.75) is 44.7 Å². The van der Waals surface area contributed by atoms with Crippen molar-refractivity contribution in [2.75, 3.05) is 40.0 Å². The summed E-state index contributed by atoms with van der Waals surface area (Å²) in [7, 11) is 1.70. The van der Waals surface area contributed by atoms with E-state index < -0.39 is 0 Å². The lowest BCUT2D eigenvalue weighted by molar-refractivity contribution is -0.129. The van der Waals surface area contributed by atoms with Gasteiger partial charge in [0, 0.05) is 45.4 Å². The molecular weight excluding hydrogens is 280 g/mol. The third-order valence-electron chi connectivity index (χ3n) is 5.92. The van der Waals surface area contributed by atoms with Crippen LogP contribution in [0.25, 0.3) is 0 Å². The minimum absolute atomic E-state index is 0.329. The summed E-state index contributed by atoms with van der Waals surface area (Å²) in [6.45, 7) is 6.57. The molecule has 3 fully saturated rings. The Hall–Kier alpha value is -0.650. The van der Waals surface area contributed by atoms with Gasteiger partial charge in [0.1, 0.15) is 0 Å². The highest BCUT2D eigenvalue weighted by Crippen LogP contribution is 2.45. The van der Waals surface area contributed by atoms with E-state index in [1.165, 1.54) is 0 Å². The number of carbonyl (C=O) groups excluding carboxylic acids is 1. The zero-order valence-electron chi connectivity index (χ0n) is 13.9. The summed E-state index contributed by atoms with van der Waals surface area (Å²) in [5.74, 6) is 2.19. The quantitative estimate of drug-likeness (QED) is 0.803. The molecule has 0 spiro atoms. The van der Waals surface area contributed by atoms with Gasteiger partial charge in [-0.2, -0.15) is 0 Å². The molecule has 3 aliphatic rings. The molecule has 2 heterocycles. The summed E-state index contributed by atoms with van der Waals surface area (Å²) in [5.41, 5.74) is 0. The number of hydrogen-bond donors (Lipinski definition) is 1. The van der Waals surface area contributed by atoms with Crippen LogP contribution < -0.4 is 5.32 Å². The van der Waals surface area contributed by atoms with Gasteiger partial charge in [0.25, 0.3) is 0 Å². The maximum Gasteiger partial charge on any atom is 0.223 e. The van der Waals surface area contributed by atoms with E-state index in [9.17, 15) is 4.79 Å². The number of carbonyl (C=O) groups is 1. The lowest BCUT2D eigenvalue weighted by Crippen LogP contribution is -2.40. The molecule has 1 saturated carbocycles. The van der Waals surface area contributed by atoms with Crippen LogP contribution in [0.1, 0.15) is 32.6 Å². The lowest BCUT2D eigenvalue weighted by atomic mass is 9.88. The van der Waals surface area contributed by atoms with Crippen molar-refractivity contribution < 1.29 is 14.3 Å². The molecule has 0 bridgehead atoms. The van der Waals surface area contributed by atoms with Crippen molar-refractivity contribution in [3.05, 3.63) is 0 Å².